The van der Waals surface area contributed by atoms with Crippen molar-refractivity contribution < 1.29 is 0 Å². The summed E-state index contributed by atoms with van der Waals surface area (Å²) in [5, 5.41) is 0. The molecule has 78 valence electrons. The van der Waals surface area contributed by atoms with Crippen molar-refractivity contribution in [3.63, 3.8) is 0 Å². The predicted molar refractivity (Wildman–Crippen MR) is 66.9 cm³/mol. The predicted octanol–water partition coefficient (Wildman–Crippen LogP) is 3.57. The molecule has 0 aliphatic heterocycles. The third-order valence-corrected chi connectivity index (χ3v) is 3.04. The summed E-state index contributed by atoms with van der Waals surface area (Å²) in [6.07, 6.45) is 6.34. The van der Waals surface area contributed by atoms with E-state index in [2.05, 4.69) is 35.3 Å². The number of hydrogen-bond donors (Lipinski definition) is 0. The Hall–Kier alpha value is -1.89. The van der Waals surface area contributed by atoms with Crippen molar-refractivity contribution in [3.05, 3.63) is 65.5 Å². The van der Waals surface area contributed by atoms with E-state index in [1.165, 1.54) is 16.7 Å². The SMILES string of the molecule is C(=C1\CCc2ccccc21)/c1ccccn1. The molecule has 0 spiro atoms. The van der Waals surface area contributed by atoms with Gasteiger partial charge in [-0.1, -0.05) is 30.3 Å². The first-order valence-electron chi connectivity index (χ1n) is 5.63. The van der Waals surface area contributed by atoms with E-state index in [1.54, 1.807) is 0 Å². The van der Waals surface area contributed by atoms with E-state index < -0.39 is 0 Å². The highest BCUT2D eigenvalue weighted by Crippen LogP contribution is 2.32. The number of benzene rings is 1. The standard InChI is InChI=1S/C15H13N/c1-2-7-15-12(5-1)8-9-13(15)11-14-6-3-4-10-16-14/h1-7,10-11H,8-9H2/b13-11-. The summed E-state index contributed by atoms with van der Waals surface area (Å²) < 4.78 is 0. The fraction of sp³-hybridized carbons (Fsp3) is 0.133. The van der Waals surface area contributed by atoms with Crippen molar-refractivity contribution in [2.75, 3.05) is 0 Å². The first-order valence-corrected chi connectivity index (χ1v) is 5.63. The first kappa shape index (κ1) is 9.34. The van der Waals surface area contributed by atoms with Crippen LogP contribution in [-0.4, -0.2) is 4.98 Å². The fourth-order valence-electron chi connectivity index (χ4n) is 2.25. The summed E-state index contributed by atoms with van der Waals surface area (Å²) in [5.74, 6) is 0. The number of allylic oxidation sites excluding steroid dienone is 1. The van der Waals surface area contributed by atoms with Gasteiger partial charge in [0.25, 0.3) is 0 Å². The Morgan fingerprint density at radius 3 is 2.69 bits per heavy atom. The highest BCUT2D eigenvalue weighted by Gasteiger charge is 2.14. The molecule has 3 rings (SSSR count). The highest BCUT2D eigenvalue weighted by molar-refractivity contribution is 5.84. The van der Waals surface area contributed by atoms with Gasteiger partial charge in [-0.25, -0.2) is 0 Å². The lowest BCUT2D eigenvalue weighted by Crippen LogP contribution is -1.81. The molecule has 0 amide bonds. The van der Waals surface area contributed by atoms with Crippen LogP contribution in [0.5, 0.6) is 0 Å². The van der Waals surface area contributed by atoms with E-state index in [0.717, 1.165) is 18.5 Å². The van der Waals surface area contributed by atoms with Crippen molar-refractivity contribution in [2.45, 2.75) is 12.8 Å². The molecule has 1 nitrogen and oxygen atoms in total. The lowest BCUT2D eigenvalue weighted by atomic mass is 10.1. The maximum absolute atomic E-state index is 4.34. The molecule has 1 aromatic heterocycles. The number of hydrogen-bond acceptors (Lipinski definition) is 1. The van der Waals surface area contributed by atoms with Crippen LogP contribution in [0.1, 0.15) is 23.2 Å². The van der Waals surface area contributed by atoms with E-state index >= 15 is 0 Å². The van der Waals surface area contributed by atoms with E-state index in [-0.39, 0.29) is 0 Å². The molecule has 2 aromatic rings. The summed E-state index contributed by atoms with van der Waals surface area (Å²) in [5.41, 5.74) is 5.32. The van der Waals surface area contributed by atoms with Gasteiger partial charge in [0.1, 0.15) is 0 Å². The van der Waals surface area contributed by atoms with Gasteiger partial charge in [-0.05, 0) is 47.8 Å². The van der Waals surface area contributed by atoms with Gasteiger partial charge >= 0.3 is 0 Å². The number of aryl methyl sites for hydroxylation is 1. The Labute approximate surface area is 95.5 Å². The topological polar surface area (TPSA) is 12.9 Å². The van der Waals surface area contributed by atoms with Gasteiger partial charge in [0.2, 0.25) is 0 Å². The van der Waals surface area contributed by atoms with Crippen molar-refractivity contribution in [1.82, 2.24) is 4.98 Å². The zero-order chi connectivity index (χ0) is 10.8. The van der Waals surface area contributed by atoms with Crippen molar-refractivity contribution in [3.8, 4) is 0 Å². The molecule has 0 N–H and O–H groups in total. The zero-order valence-electron chi connectivity index (χ0n) is 9.06. The molecule has 1 aromatic carbocycles. The summed E-state index contributed by atoms with van der Waals surface area (Å²) >= 11 is 0. The minimum absolute atomic E-state index is 1.05. The quantitative estimate of drug-likeness (QED) is 0.696. The molecule has 0 saturated heterocycles. The largest absolute Gasteiger partial charge is 0.257 e. The minimum Gasteiger partial charge on any atom is -0.257 e. The smallest absolute Gasteiger partial charge is 0.0632 e. The normalized spacial score (nSPS) is 16.4. The van der Waals surface area contributed by atoms with Crippen molar-refractivity contribution >= 4 is 11.6 Å². The molecule has 0 saturated carbocycles. The molecule has 1 heteroatoms. The van der Waals surface area contributed by atoms with Crippen LogP contribution in [0.4, 0.5) is 0 Å². The van der Waals surface area contributed by atoms with E-state index in [1.807, 2.05) is 24.4 Å². The van der Waals surface area contributed by atoms with E-state index in [4.69, 9.17) is 0 Å². The monoisotopic (exact) mass is 207 g/mol. The molecule has 0 radical (unpaired) electrons. The number of aromatic nitrogens is 1. The molecule has 16 heavy (non-hydrogen) atoms. The molecule has 1 heterocycles. The molecule has 1 aliphatic carbocycles. The van der Waals surface area contributed by atoms with Crippen LogP contribution in [0.3, 0.4) is 0 Å². The lowest BCUT2D eigenvalue weighted by molar-refractivity contribution is 1.08. The van der Waals surface area contributed by atoms with Gasteiger partial charge in [-0.15, -0.1) is 0 Å². The zero-order valence-corrected chi connectivity index (χ0v) is 9.06. The molecule has 0 bridgehead atoms. The second-order valence-electron chi connectivity index (χ2n) is 4.08. The van der Waals surface area contributed by atoms with E-state index in [9.17, 15) is 0 Å². The first-order chi connectivity index (χ1) is 7.93. The fourth-order valence-corrected chi connectivity index (χ4v) is 2.25. The Balaban J connectivity index is 2.02. The second kappa shape index (κ2) is 3.93. The molecular formula is C15H13N. The second-order valence-corrected chi connectivity index (χ2v) is 4.08. The van der Waals surface area contributed by atoms with Crippen LogP contribution in [0.2, 0.25) is 0 Å². The Morgan fingerprint density at radius 1 is 0.938 bits per heavy atom. The number of nitrogens with zero attached hydrogens (tertiary/aromatic N) is 1. The number of fused-ring (bicyclic) bond motifs is 1. The van der Waals surface area contributed by atoms with Crippen LogP contribution in [0.25, 0.3) is 11.6 Å². The molecule has 1 aliphatic rings. The van der Waals surface area contributed by atoms with Crippen LogP contribution in [-0.2, 0) is 6.42 Å². The Kier molecular flexibility index (Phi) is 2.30. The molecule has 0 unspecified atom stereocenters. The maximum Gasteiger partial charge on any atom is 0.0632 e. The van der Waals surface area contributed by atoms with Crippen LogP contribution in [0, 0.1) is 0 Å². The minimum atomic E-state index is 1.05. The van der Waals surface area contributed by atoms with Gasteiger partial charge in [-0.2, -0.15) is 0 Å². The highest BCUT2D eigenvalue weighted by atomic mass is 14.6. The van der Waals surface area contributed by atoms with Gasteiger partial charge < -0.3 is 0 Å². The van der Waals surface area contributed by atoms with Crippen molar-refractivity contribution in [2.24, 2.45) is 0 Å². The maximum atomic E-state index is 4.34. The van der Waals surface area contributed by atoms with Gasteiger partial charge in [0.05, 0.1) is 5.69 Å². The number of rotatable bonds is 1. The van der Waals surface area contributed by atoms with Gasteiger partial charge in [0, 0.05) is 6.20 Å². The van der Waals surface area contributed by atoms with Crippen molar-refractivity contribution in [1.29, 1.82) is 0 Å². The van der Waals surface area contributed by atoms with Crippen LogP contribution >= 0.6 is 0 Å². The molecular weight excluding hydrogens is 194 g/mol. The van der Waals surface area contributed by atoms with Gasteiger partial charge in [0.15, 0.2) is 0 Å². The van der Waals surface area contributed by atoms with Gasteiger partial charge in [-0.3, -0.25) is 4.98 Å². The average molecular weight is 207 g/mol. The third kappa shape index (κ3) is 1.65. The van der Waals surface area contributed by atoms with Crippen LogP contribution < -0.4 is 0 Å². The average Bonchev–Trinajstić information content (AvgIpc) is 2.74. The Morgan fingerprint density at radius 2 is 1.81 bits per heavy atom. The summed E-state index contributed by atoms with van der Waals surface area (Å²) in [4.78, 5) is 4.34. The lowest BCUT2D eigenvalue weighted by Gasteiger charge is -2.00. The third-order valence-electron chi connectivity index (χ3n) is 3.04. The van der Waals surface area contributed by atoms with Crippen LogP contribution in [0.15, 0.2) is 48.7 Å². The summed E-state index contributed by atoms with van der Waals surface area (Å²) in [6, 6.07) is 14.7. The summed E-state index contributed by atoms with van der Waals surface area (Å²) in [6.45, 7) is 0. The summed E-state index contributed by atoms with van der Waals surface area (Å²) in [7, 11) is 0. The molecule has 0 fully saturated rings. The number of pyridine rings is 1. The van der Waals surface area contributed by atoms with E-state index in [0.29, 0.717) is 0 Å². The Bertz CT molecular complexity index is 526. The molecule has 0 atom stereocenters.